The molecule has 2 bridgehead atoms. The Morgan fingerprint density at radius 3 is 2.95 bits per heavy atom. The van der Waals surface area contributed by atoms with Crippen LogP contribution in [0, 0.1) is 17.8 Å². The van der Waals surface area contributed by atoms with Crippen molar-refractivity contribution >= 4 is 21.4 Å². The van der Waals surface area contributed by atoms with Crippen LogP contribution < -0.4 is 5.32 Å². The lowest BCUT2D eigenvalue weighted by Gasteiger charge is -2.32. The van der Waals surface area contributed by atoms with Crippen LogP contribution in [0.2, 0.25) is 0 Å². The highest BCUT2D eigenvalue weighted by atomic mass is 32.1. The zero-order chi connectivity index (χ0) is 13.5. The van der Waals surface area contributed by atoms with Crippen molar-refractivity contribution in [2.24, 2.45) is 17.8 Å². The number of rotatable bonds is 4. The van der Waals surface area contributed by atoms with Crippen molar-refractivity contribution < 1.29 is 0 Å². The fraction of sp³-hybridized carbons (Fsp3) is 0.556. The van der Waals surface area contributed by atoms with E-state index in [-0.39, 0.29) is 0 Å². The smallest absolute Gasteiger partial charge is 0.0390 e. The van der Waals surface area contributed by atoms with Gasteiger partial charge in [0, 0.05) is 10.7 Å². The van der Waals surface area contributed by atoms with E-state index >= 15 is 0 Å². The third-order valence-corrected chi connectivity index (χ3v) is 6.47. The van der Waals surface area contributed by atoms with Gasteiger partial charge in [0.2, 0.25) is 0 Å². The van der Waals surface area contributed by atoms with Gasteiger partial charge in [0.15, 0.2) is 0 Å². The third-order valence-electron chi connectivity index (χ3n) is 5.49. The van der Waals surface area contributed by atoms with Gasteiger partial charge < -0.3 is 5.32 Å². The van der Waals surface area contributed by atoms with Crippen LogP contribution in [0.4, 0.5) is 0 Å². The van der Waals surface area contributed by atoms with E-state index in [0.29, 0.717) is 6.04 Å². The molecule has 2 fully saturated rings. The average molecular weight is 285 g/mol. The van der Waals surface area contributed by atoms with Gasteiger partial charge in [-0.1, -0.05) is 31.5 Å². The Bertz CT molecular complexity index is 602. The van der Waals surface area contributed by atoms with E-state index < -0.39 is 0 Å². The fourth-order valence-corrected chi connectivity index (χ4v) is 5.63. The first-order valence-corrected chi connectivity index (χ1v) is 8.94. The Hall–Kier alpha value is -0.860. The Morgan fingerprint density at radius 2 is 2.20 bits per heavy atom. The van der Waals surface area contributed by atoms with Gasteiger partial charge in [-0.2, -0.15) is 0 Å². The summed E-state index contributed by atoms with van der Waals surface area (Å²) < 4.78 is 1.50. The molecular weight excluding hydrogens is 262 g/mol. The molecule has 4 atom stereocenters. The highest BCUT2D eigenvalue weighted by molar-refractivity contribution is 7.17. The quantitative estimate of drug-likeness (QED) is 0.834. The van der Waals surface area contributed by atoms with Gasteiger partial charge >= 0.3 is 0 Å². The Balaban J connectivity index is 1.73. The van der Waals surface area contributed by atoms with E-state index in [2.05, 4.69) is 41.9 Å². The molecule has 0 radical (unpaired) electrons. The molecule has 2 aliphatic rings. The second-order valence-corrected chi connectivity index (χ2v) is 7.48. The third kappa shape index (κ3) is 2.01. The molecule has 0 spiro atoms. The van der Waals surface area contributed by atoms with E-state index in [9.17, 15) is 0 Å². The van der Waals surface area contributed by atoms with Crippen LogP contribution in [-0.2, 0) is 0 Å². The average Bonchev–Trinajstić information content (AvgIpc) is 3.19. The molecule has 2 heteroatoms. The molecule has 2 aliphatic carbocycles. The lowest BCUT2D eigenvalue weighted by atomic mass is 9.80. The van der Waals surface area contributed by atoms with Crippen molar-refractivity contribution in [3.8, 4) is 0 Å². The van der Waals surface area contributed by atoms with Crippen molar-refractivity contribution in [2.45, 2.75) is 38.6 Å². The summed E-state index contributed by atoms with van der Waals surface area (Å²) in [6, 6.07) is 9.67. The number of hydrogen-bond acceptors (Lipinski definition) is 2. The number of hydrogen-bond donors (Lipinski definition) is 1. The summed E-state index contributed by atoms with van der Waals surface area (Å²) in [4.78, 5) is 0. The molecular formula is C18H23NS. The molecule has 20 heavy (non-hydrogen) atoms. The molecule has 1 heterocycles. The number of thiophene rings is 1. The SMILES string of the molecule is CCNC(c1cccc2ccsc12)C1CC2CCC1C2. The Kier molecular flexibility index (Phi) is 3.31. The highest BCUT2D eigenvalue weighted by Gasteiger charge is 2.43. The molecule has 1 nitrogen and oxygen atoms in total. The van der Waals surface area contributed by atoms with E-state index in [0.717, 1.165) is 24.3 Å². The van der Waals surface area contributed by atoms with Crippen molar-refractivity contribution in [2.75, 3.05) is 6.54 Å². The highest BCUT2D eigenvalue weighted by Crippen LogP contribution is 2.53. The number of fused-ring (bicyclic) bond motifs is 3. The van der Waals surface area contributed by atoms with Gasteiger partial charge in [0.25, 0.3) is 0 Å². The summed E-state index contributed by atoms with van der Waals surface area (Å²) in [5.41, 5.74) is 1.55. The van der Waals surface area contributed by atoms with E-state index in [1.165, 1.54) is 35.8 Å². The van der Waals surface area contributed by atoms with Crippen LogP contribution in [-0.4, -0.2) is 6.54 Å². The largest absolute Gasteiger partial charge is 0.310 e. The summed E-state index contributed by atoms with van der Waals surface area (Å²) in [7, 11) is 0. The van der Waals surface area contributed by atoms with Crippen molar-refractivity contribution in [1.29, 1.82) is 0 Å². The number of nitrogens with one attached hydrogen (secondary N) is 1. The van der Waals surface area contributed by atoms with Gasteiger partial charge in [-0.25, -0.2) is 0 Å². The summed E-state index contributed by atoms with van der Waals surface area (Å²) in [5.74, 6) is 2.86. The minimum absolute atomic E-state index is 0.567. The van der Waals surface area contributed by atoms with Crippen molar-refractivity contribution in [1.82, 2.24) is 5.32 Å². The van der Waals surface area contributed by atoms with Gasteiger partial charge in [-0.3, -0.25) is 0 Å². The minimum Gasteiger partial charge on any atom is -0.310 e. The molecule has 4 unspecified atom stereocenters. The van der Waals surface area contributed by atoms with Crippen LogP contribution in [0.5, 0.6) is 0 Å². The lowest BCUT2D eigenvalue weighted by Crippen LogP contribution is -2.31. The second kappa shape index (κ2) is 5.16. The molecule has 106 valence electrons. The molecule has 1 N–H and O–H groups in total. The second-order valence-electron chi connectivity index (χ2n) is 6.56. The summed E-state index contributed by atoms with van der Waals surface area (Å²) in [6.45, 7) is 3.31. The van der Waals surface area contributed by atoms with E-state index in [1.807, 2.05) is 11.3 Å². The van der Waals surface area contributed by atoms with Gasteiger partial charge in [-0.05, 0) is 66.0 Å². The molecule has 2 saturated carbocycles. The van der Waals surface area contributed by atoms with Gasteiger partial charge in [0.1, 0.15) is 0 Å². The van der Waals surface area contributed by atoms with Crippen LogP contribution in [0.15, 0.2) is 29.6 Å². The first-order valence-electron chi connectivity index (χ1n) is 8.06. The summed E-state index contributed by atoms with van der Waals surface area (Å²) in [6.07, 6.45) is 5.90. The zero-order valence-electron chi connectivity index (χ0n) is 12.1. The molecule has 1 aromatic heterocycles. The normalized spacial score (nSPS) is 30.1. The Morgan fingerprint density at radius 1 is 1.25 bits per heavy atom. The topological polar surface area (TPSA) is 12.0 Å². The van der Waals surface area contributed by atoms with Crippen molar-refractivity contribution in [3.05, 3.63) is 35.2 Å². The summed E-state index contributed by atoms with van der Waals surface area (Å²) >= 11 is 1.91. The van der Waals surface area contributed by atoms with E-state index in [1.54, 1.807) is 5.56 Å². The minimum atomic E-state index is 0.567. The molecule has 0 saturated heterocycles. The molecule has 0 amide bonds. The Labute approximate surface area is 125 Å². The van der Waals surface area contributed by atoms with Crippen LogP contribution in [0.3, 0.4) is 0 Å². The maximum atomic E-state index is 3.81. The molecule has 1 aromatic carbocycles. The van der Waals surface area contributed by atoms with Gasteiger partial charge in [-0.15, -0.1) is 11.3 Å². The first kappa shape index (κ1) is 12.8. The predicted molar refractivity (Wildman–Crippen MR) is 87.2 cm³/mol. The summed E-state index contributed by atoms with van der Waals surface area (Å²) in [5, 5.41) is 7.46. The monoisotopic (exact) mass is 285 g/mol. The maximum absolute atomic E-state index is 3.81. The van der Waals surface area contributed by atoms with Crippen LogP contribution in [0.1, 0.15) is 44.2 Å². The van der Waals surface area contributed by atoms with E-state index in [4.69, 9.17) is 0 Å². The predicted octanol–water partition coefficient (Wildman–Crippen LogP) is 4.99. The number of benzene rings is 1. The molecule has 4 rings (SSSR count). The van der Waals surface area contributed by atoms with Crippen LogP contribution >= 0.6 is 11.3 Å². The van der Waals surface area contributed by atoms with Gasteiger partial charge in [0.05, 0.1) is 0 Å². The maximum Gasteiger partial charge on any atom is 0.0390 e. The lowest BCUT2D eigenvalue weighted by molar-refractivity contribution is 0.254. The van der Waals surface area contributed by atoms with Crippen molar-refractivity contribution in [3.63, 3.8) is 0 Å². The fourth-order valence-electron chi connectivity index (χ4n) is 4.68. The first-order chi connectivity index (χ1) is 9.86. The molecule has 0 aliphatic heterocycles. The standard InChI is InChI=1S/C18H23NS/c1-2-19-17(16-11-12-6-7-14(16)10-12)15-5-3-4-13-8-9-20-18(13)15/h3-5,8-9,12,14,16-17,19H,2,6-7,10-11H2,1H3. The van der Waals surface area contributed by atoms with Crippen LogP contribution in [0.25, 0.3) is 10.1 Å². The molecule has 2 aromatic rings. The zero-order valence-corrected chi connectivity index (χ0v) is 13.0.